The molecule has 2 unspecified atom stereocenters. The molecular formula is C23H32N4O7S2. The van der Waals surface area contributed by atoms with E-state index in [0.29, 0.717) is 25.3 Å². The topological polar surface area (TPSA) is 151 Å². The average molecular weight is 541 g/mol. The third kappa shape index (κ3) is 6.36. The summed E-state index contributed by atoms with van der Waals surface area (Å²) >= 11 is 0. The first-order valence-electron chi connectivity index (χ1n) is 12.2. The molecule has 2 atom stereocenters. The number of carbonyl (C=O) groups is 2. The first-order valence-corrected chi connectivity index (χ1v) is 15.5. The Morgan fingerprint density at radius 2 is 1.97 bits per heavy atom. The zero-order chi connectivity index (χ0) is 26.1. The molecule has 0 aromatic heterocycles. The quantitative estimate of drug-likeness (QED) is 0.429. The summed E-state index contributed by atoms with van der Waals surface area (Å²) in [7, 11) is -7.75. The first kappa shape index (κ1) is 26.4. The maximum Gasteiger partial charge on any atom is 0.311 e. The smallest absolute Gasteiger partial charge is 0.311 e. The van der Waals surface area contributed by atoms with Crippen LogP contribution in [0.2, 0.25) is 0 Å². The summed E-state index contributed by atoms with van der Waals surface area (Å²) in [5, 5.41) is 2.90. The van der Waals surface area contributed by atoms with Crippen LogP contribution in [0.4, 0.5) is 11.4 Å². The van der Waals surface area contributed by atoms with E-state index in [-0.39, 0.29) is 59.0 Å². The van der Waals surface area contributed by atoms with Gasteiger partial charge in [-0.2, -0.15) is 8.42 Å². The van der Waals surface area contributed by atoms with Gasteiger partial charge in [0.1, 0.15) is 10.7 Å². The van der Waals surface area contributed by atoms with Crippen molar-refractivity contribution in [2.45, 2.75) is 62.8 Å². The monoisotopic (exact) mass is 540 g/mol. The summed E-state index contributed by atoms with van der Waals surface area (Å²) in [4.78, 5) is 27.6. The lowest BCUT2D eigenvalue weighted by Crippen LogP contribution is -2.46. The van der Waals surface area contributed by atoms with Crippen molar-refractivity contribution in [1.82, 2.24) is 4.90 Å². The molecule has 1 heterocycles. The molecule has 1 aliphatic heterocycles. The molecule has 36 heavy (non-hydrogen) atoms. The largest absolute Gasteiger partial charge is 0.466 e. The van der Waals surface area contributed by atoms with Gasteiger partial charge < -0.3 is 15.0 Å². The fourth-order valence-corrected chi connectivity index (χ4v) is 6.58. The SMILES string of the molecule is CCOC(=O)C1CCCC1N(CCC1CC1)C(=O)CC1=NS(=O)(=O)c2cc(NS(C)(=O)=O)ccc2N1. The first-order chi connectivity index (χ1) is 17.0. The molecule has 13 heteroatoms. The number of ether oxygens (including phenoxy) is 1. The van der Waals surface area contributed by atoms with E-state index in [0.717, 1.165) is 31.9 Å². The Morgan fingerprint density at radius 1 is 1.22 bits per heavy atom. The summed E-state index contributed by atoms with van der Waals surface area (Å²) in [6, 6.07) is 3.76. The Labute approximate surface area is 211 Å². The number of hydrogen-bond acceptors (Lipinski definition) is 8. The molecular weight excluding hydrogens is 508 g/mol. The van der Waals surface area contributed by atoms with Crippen molar-refractivity contribution in [3.63, 3.8) is 0 Å². The summed E-state index contributed by atoms with van der Waals surface area (Å²) in [6.45, 7) is 2.53. The van der Waals surface area contributed by atoms with Crippen LogP contribution in [0.15, 0.2) is 27.5 Å². The minimum Gasteiger partial charge on any atom is -0.466 e. The number of benzene rings is 1. The standard InChI is InChI=1S/C23H32N4O7S2/c1-3-34-23(29)17-5-4-6-19(17)27(12-11-15-7-8-15)22(28)14-21-24-18-10-9-16(25-35(2,30)31)13-20(18)36(32,33)26-21/h9-10,13,15,17,19,25H,3-8,11-12,14H2,1-2H3,(H,24,26). The van der Waals surface area contributed by atoms with Crippen LogP contribution in [-0.4, -0.2) is 64.9 Å². The van der Waals surface area contributed by atoms with Gasteiger partial charge >= 0.3 is 5.97 Å². The van der Waals surface area contributed by atoms with Gasteiger partial charge in [-0.3, -0.25) is 14.3 Å². The van der Waals surface area contributed by atoms with Crippen molar-refractivity contribution >= 4 is 49.1 Å². The molecule has 198 valence electrons. The van der Waals surface area contributed by atoms with E-state index >= 15 is 0 Å². The number of amides is 1. The highest BCUT2D eigenvalue weighted by atomic mass is 32.2. The second-order valence-electron chi connectivity index (χ2n) is 9.58. The molecule has 3 aliphatic rings. The molecule has 2 aliphatic carbocycles. The fraction of sp³-hybridized carbons (Fsp3) is 0.609. The van der Waals surface area contributed by atoms with E-state index in [1.165, 1.54) is 18.2 Å². The molecule has 1 aromatic carbocycles. The van der Waals surface area contributed by atoms with Gasteiger partial charge in [-0.1, -0.05) is 19.3 Å². The lowest BCUT2D eigenvalue weighted by Gasteiger charge is -2.33. The normalized spacial score (nSPS) is 22.7. The van der Waals surface area contributed by atoms with Gasteiger partial charge in [0.15, 0.2) is 0 Å². The number of nitrogens with one attached hydrogen (secondary N) is 2. The number of amidine groups is 1. The Bertz CT molecular complexity index is 1270. The van der Waals surface area contributed by atoms with Crippen molar-refractivity contribution in [2.75, 3.05) is 29.4 Å². The van der Waals surface area contributed by atoms with Crippen molar-refractivity contribution in [3.05, 3.63) is 18.2 Å². The predicted octanol–water partition coefficient (Wildman–Crippen LogP) is 2.32. The number of nitrogens with zero attached hydrogens (tertiary/aromatic N) is 2. The lowest BCUT2D eigenvalue weighted by atomic mass is 10.0. The zero-order valence-corrected chi connectivity index (χ0v) is 22.0. The number of anilines is 2. The molecule has 0 spiro atoms. The van der Waals surface area contributed by atoms with E-state index in [1.807, 2.05) is 0 Å². The third-order valence-corrected chi connectivity index (χ3v) is 8.62. The molecule has 4 rings (SSSR count). The van der Waals surface area contributed by atoms with Crippen molar-refractivity contribution in [1.29, 1.82) is 0 Å². The van der Waals surface area contributed by atoms with Gasteiger partial charge in [-0.25, -0.2) is 8.42 Å². The van der Waals surface area contributed by atoms with E-state index < -0.39 is 20.0 Å². The number of carbonyl (C=O) groups excluding carboxylic acids is 2. The maximum atomic E-state index is 13.5. The maximum absolute atomic E-state index is 13.5. The Hall–Kier alpha value is -2.67. The minimum absolute atomic E-state index is 0.0153. The van der Waals surface area contributed by atoms with Crippen LogP contribution < -0.4 is 10.0 Å². The highest BCUT2D eigenvalue weighted by molar-refractivity contribution is 7.92. The van der Waals surface area contributed by atoms with Crippen LogP contribution in [0.5, 0.6) is 0 Å². The zero-order valence-electron chi connectivity index (χ0n) is 20.4. The van der Waals surface area contributed by atoms with Gasteiger partial charge in [0, 0.05) is 18.3 Å². The molecule has 0 radical (unpaired) electrons. The predicted molar refractivity (Wildman–Crippen MR) is 135 cm³/mol. The van der Waals surface area contributed by atoms with Crippen LogP contribution in [0, 0.1) is 11.8 Å². The Balaban J connectivity index is 1.53. The molecule has 11 nitrogen and oxygen atoms in total. The molecule has 2 fully saturated rings. The number of fused-ring (bicyclic) bond motifs is 1. The van der Waals surface area contributed by atoms with E-state index in [2.05, 4.69) is 14.4 Å². The van der Waals surface area contributed by atoms with Gasteiger partial charge in [-0.15, -0.1) is 4.40 Å². The summed E-state index contributed by atoms with van der Waals surface area (Å²) in [5.74, 6) is -0.419. The molecule has 0 bridgehead atoms. The molecule has 0 saturated heterocycles. The second-order valence-corrected chi connectivity index (χ2v) is 12.9. The number of hydrogen-bond donors (Lipinski definition) is 2. The molecule has 2 N–H and O–H groups in total. The minimum atomic E-state index is -4.16. The lowest BCUT2D eigenvalue weighted by molar-refractivity contribution is -0.151. The van der Waals surface area contributed by atoms with Gasteiger partial charge in [0.05, 0.1) is 30.9 Å². The average Bonchev–Trinajstić information content (AvgIpc) is 3.47. The molecule has 1 amide bonds. The molecule has 1 aromatic rings. The summed E-state index contributed by atoms with van der Waals surface area (Å²) in [6.07, 6.45) is 5.96. The highest BCUT2D eigenvalue weighted by Crippen LogP contribution is 2.36. The van der Waals surface area contributed by atoms with E-state index in [1.54, 1.807) is 11.8 Å². The number of sulfonamides is 2. The van der Waals surface area contributed by atoms with Gasteiger partial charge in [-0.05, 0) is 50.3 Å². The Kier molecular flexibility index (Phi) is 7.60. The number of esters is 1. The fourth-order valence-electron chi connectivity index (χ4n) is 4.85. The van der Waals surface area contributed by atoms with Crippen LogP contribution in [0.1, 0.15) is 51.9 Å². The van der Waals surface area contributed by atoms with Gasteiger partial charge in [0.2, 0.25) is 15.9 Å². The number of rotatable bonds is 10. The van der Waals surface area contributed by atoms with Crippen LogP contribution in [-0.2, 0) is 34.4 Å². The Morgan fingerprint density at radius 3 is 2.64 bits per heavy atom. The van der Waals surface area contributed by atoms with E-state index in [4.69, 9.17) is 4.74 Å². The highest BCUT2D eigenvalue weighted by Gasteiger charge is 2.40. The summed E-state index contributed by atoms with van der Waals surface area (Å²) in [5.41, 5.74) is 0.301. The van der Waals surface area contributed by atoms with Crippen molar-refractivity contribution < 1.29 is 31.2 Å². The third-order valence-electron chi connectivity index (χ3n) is 6.66. The summed E-state index contributed by atoms with van der Waals surface area (Å²) < 4.78 is 60.0. The van der Waals surface area contributed by atoms with Crippen LogP contribution in [0.25, 0.3) is 0 Å². The van der Waals surface area contributed by atoms with Gasteiger partial charge in [0.25, 0.3) is 10.0 Å². The second kappa shape index (κ2) is 10.4. The van der Waals surface area contributed by atoms with Crippen LogP contribution in [0.3, 0.4) is 0 Å². The van der Waals surface area contributed by atoms with Crippen molar-refractivity contribution in [2.24, 2.45) is 16.2 Å². The van der Waals surface area contributed by atoms with E-state index in [9.17, 15) is 26.4 Å². The van der Waals surface area contributed by atoms with Crippen molar-refractivity contribution in [3.8, 4) is 0 Å². The molecule has 2 saturated carbocycles. The van der Waals surface area contributed by atoms with Crippen LogP contribution >= 0.6 is 0 Å².